The van der Waals surface area contributed by atoms with Gasteiger partial charge in [-0.3, -0.25) is 4.68 Å². The van der Waals surface area contributed by atoms with Crippen molar-refractivity contribution >= 4 is 0 Å². The number of hydrogen-bond donors (Lipinski definition) is 1. The van der Waals surface area contributed by atoms with Crippen LogP contribution in [-0.2, 0) is 13.5 Å². The van der Waals surface area contributed by atoms with Crippen molar-refractivity contribution < 1.29 is 4.39 Å². The quantitative estimate of drug-likeness (QED) is 0.875. The molecule has 0 saturated carbocycles. The van der Waals surface area contributed by atoms with Gasteiger partial charge in [0.2, 0.25) is 0 Å². The standard InChI is InChI=1S/C13H16FN3/c1-17-9-10(8-16-17)5-12(7-15)11-3-2-4-13(14)6-11/h2-4,6,8-9,12H,5,7,15H2,1H3. The number of aromatic nitrogens is 2. The van der Waals surface area contributed by atoms with Crippen LogP contribution in [0, 0.1) is 5.82 Å². The Hall–Kier alpha value is -1.68. The van der Waals surface area contributed by atoms with Gasteiger partial charge in [0.25, 0.3) is 0 Å². The van der Waals surface area contributed by atoms with Crippen LogP contribution in [0.25, 0.3) is 0 Å². The van der Waals surface area contributed by atoms with Crippen molar-refractivity contribution in [1.82, 2.24) is 9.78 Å². The molecule has 3 nitrogen and oxygen atoms in total. The van der Waals surface area contributed by atoms with Crippen molar-refractivity contribution in [2.45, 2.75) is 12.3 Å². The molecule has 1 aromatic heterocycles. The Labute approximate surface area is 100 Å². The predicted octanol–water partition coefficient (Wildman–Crippen LogP) is 1.84. The molecule has 2 aromatic rings. The highest BCUT2D eigenvalue weighted by Crippen LogP contribution is 2.20. The summed E-state index contributed by atoms with van der Waals surface area (Å²) in [6.45, 7) is 0.498. The van der Waals surface area contributed by atoms with E-state index in [2.05, 4.69) is 5.10 Å². The molecule has 1 heterocycles. The first-order valence-corrected chi connectivity index (χ1v) is 5.62. The van der Waals surface area contributed by atoms with Gasteiger partial charge >= 0.3 is 0 Å². The van der Waals surface area contributed by atoms with Gasteiger partial charge in [0.15, 0.2) is 0 Å². The molecule has 0 spiro atoms. The van der Waals surface area contributed by atoms with Crippen molar-refractivity contribution in [2.75, 3.05) is 6.54 Å². The minimum Gasteiger partial charge on any atom is -0.330 e. The molecule has 1 aromatic carbocycles. The molecule has 0 saturated heterocycles. The lowest BCUT2D eigenvalue weighted by molar-refractivity contribution is 0.616. The van der Waals surface area contributed by atoms with Crippen molar-refractivity contribution in [1.29, 1.82) is 0 Å². The Morgan fingerprint density at radius 2 is 2.29 bits per heavy atom. The van der Waals surface area contributed by atoms with Crippen LogP contribution in [0.1, 0.15) is 17.0 Å². The molecule has 17 heavy (non-hydrogen) atoms. The second-order valence-electron chi connectivity index (χ2n) is 4.21. The van der Waals surface area contributed by atoms with E-state index in [1.165, 1.54) is 6.07 Å². The fourth-order valence-corrected chi connectivity index (χ4v) is 1.96. The van der Waals surface area contributed by atoms with Gasteiger partial charge in [-0.25, -0.2) is 4.39 Å². The summed E-state index contributed by atoms with van der Waals surface area (Å²) in [6, 6.07) is 6.63. The normalized spacial score (nSPS) is 12.6. The van der Waals surface area contributed by atoms with Gasteiger partial charge in [0.1, 0.15) is 5.82 Å². The highest BCUT2D eigenvalue weighted by atomic mass is 19.1. The number of rotatable bonds is 4. The summed E-state index contributed by atoms with van der Waals surface area (Å²) in [6.07, 6.45) is 4.57. The summed E-state index contributed by atoms with van der Waals surface area (Å²) >= 11 is 0. The molecule has 1 atom stereocenters. The molecule has 2 N–H and O–H groups in total. The third-order valence-corrected chi connectivity index (χ3v) is 2.85. The summed E-state index contributed by atoms with van der Waals surface area (Å²) in [5, 5.41) is 4.12. The van der Waals surface area contributed by atoms with Crippen molar-refractivity contribution in [3.8, 4) is 0 Å². The summed E-state index contributed by atoms with van der Waals surface area (Å²) in [7, 11) is 1.88. The first kappa shape index (κ1) is 11.8. The Bertz CT molecular complexity index is 493. The van der Waals surface area contributed by atoms with E-state index in [9.17, 15) is 4.39 Å². The van der Waals surface area contributed by atoms with Gasteiger partial charge in [-0.15, -0.1) is 0 Å². The van der Waals surface area contributed by atoms with Gasteiger partial charge in [0, 0.05) is 19.2 Å². The molecule has 0 aliphatic carbocycles. The molecule has 0 aliphatic rings. The number of benzene rings is 1. The van der Waals surface area contributed by atoms with Gasteiger partial charge in [-0.05, 0) is 36.2 Å². The summed E-state index contributed by atoms with van der Waals surface area (Å²) < 4.78 is 14.9. The lowest BCUT2D eigenvalue weighted by Crippen LogP contribution is -2.15. The zero-order valence-electron chi connectivity index (χ0n) is 9.81. The fourth-order valence-electron chi connectivity index (χ4n) is 1.96. The van der Waals surface area contributed by atoms with E-state index in [-0.39, 0.29) is 11.7 Å². The summed E-state index contributed by atoms with van der Waals surface area (Å²) in [4.78, 5) is 0. The first-order chi connectivity index (χ1) is 8.19. The maximum Gasteiger partial charge on any atom is 0.123 e. The van der Waals surface area contributed by atoms with Crippen LogP contribution in [0.4, 0.5) is 4.39 Å². The van der Waals surface area contributed by atoms with E-state index in [1.54, 1.807) is 16.8 Å². The second-order valence-corrected chi connectivity index (χ2v) is 4.21. The molecule has 0 bridgehead atoms. The molecule has 0 radical (unpaired) electrons. The van der Waals surface area contributed by atoms with Crippen molar-refractivity contribution in [2.24, 2.45) is 12.8 Å². The summed E-state index contributed by atoms with van der Waals surface area (Å²) in [5.74, 6) is -0.0814. The summed E-state index contributed by atoms with van der Waals surface area (Å²) in [5.41, 5.74) is 7.82. The van der Waals surface area contributed by atoms with Crippen LogP contribution in [-0.4, -0.2) is 16.3 Å². The van der Waals surface area contributed by atoms with Crippen LogP contribution >= 0.6 is 0 Å². The SMILES string of the molecule is Cn1cc(CC(CN)c2cccc(F)c2)cn1. The average Bonchev–Trinajstić information content (AvgIpc) is 2.72. The van der Waals surface area contributed by atoms with E-state index < -0.39 is 0 Å². The zero-order valence-corrected chi connectivity index (χ0v) is 9.81. The third kappa shape index (κ3) is 2.91. The molecule has 0 fully saturated rings. The molecular weight excluding hydrogens is 217 g/mol. The zero-order chi connectivity index (χ0) is 12.3. The van der Waals surface area contributed by atoms with Crippen LogP contribution < -0.4 is 5.73 Å². The number of nitrogens with zero attached hydrogens (tertiary/aromatic N) is 2. The highest BCUT2D eigenvalue weighted by molar-refractivity contribution is 5.23. The third-order valence-electron chi connectivity index (χ3n) is 2.85. The van der Waals surface area contributed by atoms with Gasteiger partial charge in [-0.2, -0.15) is 5.10 Å². The monoisotopic (exact) mass is 233 g/mol. The lowest BCUT2D eigenvalue weighted by atomic mass is 9.93. The predicted molar refractivity (Wildman–Crippen MR) is 65.1 cm³/mol. The van der Waals surface area contributed by atoms with Crippen LogP contribution in [0.15, 0.2) is 36.7 Å². The van der Waals surface area contributed by atoms with Crippen LogP contribution in [0.5, 0.6) is 0 Å². The minimum absolute atomic E-state index is 0.134. The van der Waals surface area contributed by atoms with Crippen LogP contribution in [0.3, 0.4) is 0 Å². The molecule has 90 valence electrons. The topological polar surface area (TPSA) is 43.8 Å². The number of aryl methyl sites for hydroxylation is 1. The Morgan fingerprint density at radius 1 is 1.47 bits per heavy atom. The van der Waals surface area contributed by atoms with Crippen molar-refractivity contribution in [3.05, 3.63) is 53.6 Å². The highest BCUT2D eigenvalue weighted by Gasteiger charge is 2.12. The first-order valence-electron chi connectivity index (χ1n) is 5.62. The van der Waals surface area contributed by atoms with E-state index in [1.807, 2.05) is 25.5 Å². The van der Waals surface area contributed by atoms with E-state index in [4.69, 9.17) is 5.73 Å². The number of nitrogens with two attached hydrogens (primary N) is 1. The lowest BCUT2D eigenvalue weighted by Gasteiger charge is -2.14. The number of hydrogen-bond acceptors (Lipinski definition) is 2. The van der Waals surface area contributed by atoms with Gasteiger partial charge < -0.3 is 5.73 Å². The van der Waals surface area contributed by atoms with E-state index in [0.29, 0.717) is 6.54 Å². The molecule has 2 rings (SSSR count). The average molecular weight is 233 g/mol. The Balaban J connectivity index is 2.16. The molecule has 4 heteroatoms. The maximum absolute atomic E-state index is 13.1. The molecule has 0 aliphatic heterocycles. The minimum atomic E-state index is -0.216. The molecule has 1 unspecified atom stereocenters. The molecular formula is C13H16FN3. The maximum atomic E-state index is 13.1. The smallest absolute Gasteiger partial charge is 0.123 e. The van der Waals surface area contributed by atoms with Crippen molar-refractivity contribution in [3.63, 3.8) is 0 Å². The molecule has 0 amide bonds. The Kier molecular flexibility index (Phi) is 3.54. The van der Waals surface area contributed by atoms with Gasteiger partial charge in [0.05, 0.1) is 6.20 Å². The van der Waals surface area contributed by atoms with E-state index in [0.717, 1.165) is 17.5 Å². The fraction of sp³-hybridized carbons (Fsp3) is 0.308. The Morgan fingerprint density at radius 3 is 2.88 bits per heavy atom. The second kappa shape index (κ2) is 5.10. The van der Waals surface area contributed by atoms with Gasteiger partial charge in [-0.1, -0.05) is 12.1 Å². The van der Waals surface area contributed by atoms with Crippen LogP contribution in [0.2, 0.25) is 0 Å². The largest absolute Gasteiger partial charge is 0.330 e. The van der Waals surface area contributed by atoms with E-state index >= 15 is 0 Å². The number of halogens is 1.